The third-order valence-corrected chi connectivity index (χ3v) is 1.26. The molecule has 0 bridgehead atoms. The molecule has 10 heavy (non-hydrogen) atoms. The lowest BCUT2D eigenvalue weighted by Crippen LogP contribution is -2.19. The predicted octanol–water partition coefficient (Wildman–Crippen LogP) is 0.782. The molecule has 0 spiro atoms. The van der Waals surface area contributed by atoms with E-state index in [9.17, 15) is 0 Å². The Morgan fingerprint density at radius 3 is 2.80 bits per heavy atom. The van der Waals surface area contributed by atoms with Gasteiger partial charge in [0.2, 0.25) is 0 Å². The average Bonchev–Trinajstić information content (AvgIpc) is 2.15. The van der Waals surface area contributed by atoms with E-state index in [4.69, 9.17) is 0 Å². The fourth-order valence-electron chi connectivity index (χ4n) is 0.795. The molecule has 0 aliphatic carbocycles. The number of nitrogens with one attached hydrogen (secondary N) is 1. The van der Waals surface area contributed by atoms with Gasteiger partial charge in [-0.1, -0.05) is 18.7 Å². The van der Waals surface area contributed by atoms with Crippen molar-refractivity contribution in [3.8, 4) is 0 Å². The van der Waals surface area contributed by atoms with Crippen molar-refractivity contribution in [2.45, 2.75) is 6.92 Å². The van der Waals surface area contributed by atoms with Crippen molar-refractivity contribution in [1.82, 2.24) is 4.98 Å². The zero-order valence-electron chi connectivity index (χ0n) is 6.15. The average molecular weight is 133 g/mol. The quantitative estimate of drug-likeness (QED) is 0.582. The lowest BCUT2D eigenvalue weighted by Gasteiger charge is -1.81. The highest BCUT2D eigenvalue weighted by Crippen LogP contribution is 1.83. The fourth-order valence-corrected chi connectivity index (χ4v) is 0.795. The van der Waals surface area contributed by atoms with Crippen LogP contribution in [0.25, 0.3) is 12.7 Å². The molecule has 0 radical (unpaired) electrons. The van der Waals surface area contributed by atoms with Crippen LogP contribution in [0, 0.1) is 0 Å². The van der Waals surface area contributed by atoms with Crippen molar-refractivity contribution in [2.24, 2.45) is 0 Å². The second kappa shape index (κ2) is 2.56. The van der Waals surface area contributed by atoms with E-state index in [0.717, 1.165) is 16.1 Å². The highest BCUT2D eigenvalue weighted by Gasteiger charge is 1.80. The molecule has 1 heterocycles. The lowest BCUT2D eigenvalue weighted by molar-refractivity contribution is 1.31. The SMILES string of the molecule is C=C(C)/C=c1/[nH]ccc1=C. The van der Waals surface area contributed by atoms with E-state index in [1.165, 1.54) is 0 Å². The minimum absolute atomic E-state index is 1.02. The lowest BCUT2D eigenvalue weighted by atomic mass is 10.3. The summed E-state index contributed by atoms with van der Waals surface area (Å²) in [7, 11) is 0. The van der Waals surface area contributed by atoms with Crippen LogP contribution in [0.2, 0.25) is 0 Å². The van der Waals surface area contributed by atoms with Crippen LogP contribution in [0.15, 0.2) is 24.4 Å². The van der Waals surface area contributed by atoms with Gasteiger partial charge in [-0.25, -0.2) is 0 Å². The summed E-state index contributed by atoms with van der Waals surface area (Å²) in [6.07, 6.45) is 3.85. The Labute approximate surface area is 60.4 Å². The molecule has 1 N–H and O–H groups in total. The Kier molecular flexibility index (Phi) is 1.76. The van der Waals surface area contributed by atoms with E-state index < -0.39 is 0 Å². The van der Waals surface area contributed by atoms with Crippen molar-refractivity contribution in [3.63, 3.8) is 0 Å². The van der Waals surface area contributed by atoms with Gasteiger partial charge in [0, 0.05) is 11.5 Å². The third-order valence-electron chi connectivity index (χ3n) is 1.26. The molecule has 1 rings (SSSR count). The number of hydrogen-bond donors (Lipinski definition) is 1. The highest BCUT2D eigenvalue weighted by molar-refractivity contribution is 5.41. The molecule has 1 aromatic heterocycles. The summed E-state index contributed by atoms with van der Waals surface area (Å²) in [4.78, 5) is 3.06. The zero-order valence-corrected chi connectivity index (χ0v) is 6.15. The van der Waals surface area contributed by atoms with Crippen molar-refractivity contribution in [2.75, 3.05) is 0 Å². The van der Waals surface area contributed by atoms with Gasteiger partial charge >= 0.3 is 0 Å². The minimum Gasteiger partial charge on any atom is -0.361 e. The molecule has 52 valence electrons. The van der Waals surface area contributed by atoms with Crippen molar-refractivity contribution in [1.29, 1.82) is 0 Å². The summed E-state index contributed by atoms with van der Waals surface area (Å²) in [5, 5.41) is 2.07. The first kappa shape index (κ1) is 6.87. The Bertz CT molecular complexity index is 330. The van der Waals surface area contributed by atoms with Crippen molar-refractivity contribution in [3.05, 3.63) is 35.0 Å². The van der Waals surface area contributed by atoms with Gasteiger partial charge in [-0.15, -0.1) is 0 Å². The number of hydrogen-bond acceptors (Lipinski definition) is 0. The van der Waals surface area contributed by atoms with Crippen molar-refractivity contribution < 1.29 is 0 Å². The predicted molar refractivity (Wildman–Crippen MR) is 44.8 cm³/mol. The Morgan fingerprint density at radius 2 is 2.40 bits per heavy atom. The van der Waals surface area contributed by atoms with Crippen LogP contribution in [-0.4, -0.2) is 4.98 Å². The molecule has 1 nitrogen and oxygen atoms in total. The molecule has 1 heteroatoms. The molecular formula is C9H11N. The molecule has 0 aliphatic rings. The smallest absolute Gasteiger partial charge is 0.0450 e. The normalized spacial score (nSPS) is 11.9. The maximum Gasteiger partial charge on any atom is 0.0450 e. The molecule has 0 atom stereocenters. The molecule has 1 aromatic rings. The first-order chi connectivity index (χ1) is 4.70. The monoisotopic (exact) mass is 133 g/mol. The summed E-state index contributed by atoms with van der Waals surface area (Å²) >= 11 is 0. The van der Waals surface area contributed by atoms with E-state index in [1.54, 1.807) is 0 Å². The standard InChI is InChI=1S/C9H11N/c1-7(2)6-9-8(3)4-5-10-9/h4-6,10H,1,3H2,2H3/b9-6+. The summed E-state index contributed by atoms with van der Waals surface area (Å²) in [5.74, 6) is 0. The second-order valence-corrected chi connectivity index (χ2v) is 2.41. The topological polar surface area (TPSA) is 15.8 Å². The van der Waals surface area contributed by atoms with E-state index in [2.05, 4.69) is 18.1 Å². The summed E-state index contributed by atoms with van der Waals surface area (Å²) in [6, 6.07) is 1.94. The number of rotatable bonds is 1. The van der Waals surface area contributed by atoms with Gasteiger partial charge in [-0.05, 0) is 24.3 Å². The third kappa shape index (κ3) is 1.38. The first-order valence-corrected chi connectivity index (χ1v) is 3.20. The first-order valence-electron chi connectivity index (χ1n) is 3.20. The number of allylic oxidation sites excluding steroid dienone is 1. The maximum absolute atomic E-state index is 3.83. The van der Waals surface area contributed by atoms with Gasteiger partial charge < -0.3 is 4.98 Å². The van der Waals surface area contributed by atoms with Gasteiger partial charge in [0.05, 0.1) is 0 Å². The highest BCUT2D eigenvalue weighted by atomic mass is 14.6. The van der Waals surface area contributed by atoms with Gasteiger partial charge in [0.25, 0.3) is 0 Å². The Balaban J connectivity index is 3.29. The largest absolute Gasteiger partial charge is 0.361 e. The number of H-pyrrole nitrogens is 1. The molecule has 0 unspecified atom stereocenters. The van der Waals surface area contributed by atoms with Crippen LogP contribution < -0.4 is 10.6 Å². The maximum atomic E-state index is 3.83. The summed E-state index contributed by atoms with van der Waals surface area (Å²) in [5.41, 5.74) is 1.03. The molecule has 0 aliphatic heterocycles. The molecule has 0 saturated carbocycles. The van der Waals surface area contributed by atoms with Crippen LogP contribution in [0.1, 0.15) is 6.92 Å². The molecular weight excluding hydrogens is 122 g/mol. The summed E-state index contributed by atoms with van der Waals surface area (Å²) < 4.78 is 0. The number of aromatic amines is 1. The van der Waals surface area contributed by atoms with Gasteiger partial charge in [0.1, 0.15) is 0 Å². The van der Waals surface area contributed by atoms with Crippen LogP contribution >= 0.6 is 0 Å². The van der Waals surface area contributed by atoms with Crippen molar-refractivity contribution >= 4 is 12.7 Å². The number of aromatic nitrogens is 1. The zero-order chi connectivity index (χ0) is 7.56. The van der Waals surface area contributed by atoms with Crippen LogP contribution in [0.5, 0.6) is 0 Å². The van der Waals surface area contributed by atoms with Crippen LogP contribution in [-0.2, 0) is 0 Å². The van der Waals surface area contributed by atoms with Crippen LogP contribution in [0.4, 0.5) is 0 Å². The molecule has 0 aromatic carbocycles. The molecule has 0 amide bonds. The van der Waals surface area contributed by atoms with Gasteiger partial charge in [-0.2, -0.15) is 0 Å². The van der Waals surface area contributed by atoms with E-state index in [1.807, 2.05) is 25.3 Å². The Morgan fingerprint density at radius 1 is 1.70 bits per heavy atom. The second-order valence-electron chi connectivity index (χ2n) is 2.41. The molecule has 0 fully saturated rings. The Hall–Kier alpha value is -1.24. The van der Waals surface area contributed by atoms with Gasteiger partial charge in [-0.3, -0.25) is 0 Å². The van der Waals surface area contributed by atoms with E-state index in [-0.39, 0.29) is 0 Å². The van der Waals surface area contributed by atoms with E-state index in [0.29, 0.717) is 0 Å². The fraction of sp³-hybridized carbons (Fsp3) is 0.111. The van der Waals surface area contributed by atoms with Crippen LogP contribution in [0.3, 0.4) is 0 Å². The summed E-state index contributed by atoms with van der Waals surface area (Å²) in [6.45, 7) is 9.56. The molecule has 0 saturated heterocycles. The van der Waals surface area contributed by atoms with Gasteiger partial charge in [0.15, 0.2) is 0 Å². The minimum atomic E-state index is 1.02. The van der Waals surface area contributed by atoms with E-state index >= 15 is 0 Å².